The van der Waals surface area contributed by atoms with E-state index in [-0.39, 0.29) is 6.03 Å². The van der Waals surface area contributed by atoms with Crippen molar-refractivity contribution in [2.24, 2.45) is 0 Å². The lowest BCUT2D eigenvalue weighted by atomic mass is 10.3. The molecule has 1 aromatic heterocycles. The van der Waals surface area contributed by atoms with Gasteiger partial charge in [0.05, 0.1) is 6.20 Å². The van der Waals surface area contributed by atoms with Gasteiger partial charge in [-0.15, -0.1) is 0 Å². The summed E-state index contributed by atoms with van der Waals surface area (Å²) < 4.78 is 0. The predicted octanol–water partition coefficient (Wildman–Crippen LogP) is -0.189. The van der Waals surface area contributed by atoms with Gasteiger partial charge in [0, 0.05) is 18.7 Å². The number of aromatic nitrogens is 2. The van der Waals surface area contributed by atoms with Gasteiger partial charge in [-0.25, -0.2) is 4.79 Å². The fraction of sp³-hybridized carbons (Fsp3) is 0.429. The molecule has 1 rings (SSSR count). The van der Waals surface area contributed by atoms with Gasteiger partial charge in [0.15, 0.2) is 0 Å². The third-order valence-corrected chi connectivity index (χ3v) is 1.53. The summed E-state index contributed by atoms with van der Waals surface area (Å²) in [5, 5.41) is 11.5. The summed E-state index contributed by atoms with van der Waals surface area (Å²) in [6.07, 6.45) is 1.58. The molecule has 1 aromatic rings. The van der Waals surface area contributed by atoms with Crippen molar-refractivity contribution in [1.82, 2.24) is 20.8 Å². The second kappa shape index (κ2) is 4.34. The second-order valence-corrected chi connectivity index (χ2v) is 2.52. The summed E-state index contributed by atoms with van der Waals surface area (Å²) >= 11 is 0. The van der Waals surface area contributed by atoms with Gasteiger partial charge in [0.1, 0.15) is 5.82 Å². The average molecular weight is 183 g/mol. The number of carbonyl (C=O) groups excluding carboxylic acids is 1. The largest absolute Gasteiger partial charge is 0.384 e. The van der Waals surface area contributed by atoms with Crippen LogP contribution in [0.4, 0.5) is 10.6 Å². The van der Waals surface area contributed by atoms with E-state index in [1.54, 1.807) is 6.20 Å². The van der Waals surface area contributed by atoms with Gasteiger partial charge in [-0.05, 0) is 6.92 Å². The van der Waals surface area contributed by atoms with Crippen LogP contribution >= 0.6 is 0 Å². The molecule has 0 atom stereocenters. The molecule has 0 spiro atoms. The number of nitrogens with zero attached hydrogens (tertiary/aromatic N) is 1. The number of carbonyl (C=O) groups is 1. The maximum absolute atomic E-state index is 11.0. The Morgan fingerprint density at radius 1 is 1.69 bits per heavy atom. The highest BCUT2D eigenvalue weighted by Crippen LogP contribution is 2.04. The highest BCUT2D eigenvalue weighted by atomic mass is 16.2. The molecule has 72 valence electrons. The molecule has 0 saturated carbocycles. The zero-order chi connectivity index (χ0) is 9.68. The van der Waals surface area contributed by atoms with E-state index < -0.39 is 0 Å². The van der Waals surface area contributed by atoms with Crippen molar-refractivity contribution in [3.63, 3.8) is 0 Å². The Hall–Kier alpha value is -1.72. The van der Waals surface area contributed by atoms with Crippen LogP contribution in [0.3, 0.4) is 0 Å². The third-order valence-electron chi connectivity index (χ3n) is 1.53. The van der Waals surface area contributed by atoms with Crippen LogP contribution in [0.1, 0.15) is 12.5 Å². The molecule has 1 heterocycles. The number of nitrogens with two attached hydrogens (primary N) is 1. The lowest BCUT2D eigenvalue weighted by molar-refractivity contribution is 0.241. The standard InChI is InChI=1S/C7H13N5O/c1-2-9-7(13)10-3-5-4-11-12-6(5)8/h4H,2-3H2,1H3,(H3,8,11,12)(H2,9,10,13). The molecule has 6 nitrogen and oxygen atoms in total. The van der Waals surface area contributed by atoms with Gasteiger partial charge >= 0.3 is 6.03 Å². The van der Waals surface area contributed by atoms with Crippen LogP contribution in [0.15, 0.2) is 6.20 Å². The molecule has 2 amide bonds. The fourth-order valence-corrected chi connectivity index (χ4v) is 0.861. The number of aromatic amines is 1. The minimum atomic E-state index is -0.205. The van der Waals surface area contributed by atoms with Crippen LogP contribution < -0.4 is 16.4 Å². The Labute approximate surface area is 75.9 Å². The molecule has 0 aliphatic carbocycles. The minimum absolute atomic E-state index is 0.205. The average Bonchev–Trinajstić information content (AvgIpc) is 2.48. The van der Waals surface area contributed by atoms with Gasteiger partial charge in [0.2, 0.25) is 0 Å². The quantitative estimate of drug-likeness (QED) is 0.523. The highest BCUT2D eigenvalue weighted by Gasteiger charge is 2.02. The first-order chi connectivity index (χ1) is 6.24. The number of nitrogen functional groups attached to an aromatic ring is 1. The van der Waals surface area contributed by atoms with Gasteiger partial charge in [-0.2, -0.15) is 5.10 Å². The number of urea groups is 1. The summed E-state index contributed by atoms with van der Waals surface area (Å²) in [4.78, 5) is 11.0. The first kappa shape index (κ1) is 9.37. The van der Waals surface area contributed by atoms with Crippen LogP contribution in [0, 0.1) is 0 Å². The Balaban J connectivity index is 2.35. The Kier molecular flexibility index (Phi) is 3.13. The van der Waals surface area contributed by atoms with Gasteiger partial charge in [-0.3, -0.25) is 5.10 Å². The van der Waals surface area contributed by atoms with Gasteiger partial charge in [0.25, 0.3) is 0 Å². The number of nitrogens with one attached hydrogen (secondary N) is 3. The zero-order valence-electron chi connectivity index (χ0n) is 7.42. The molecule has 6 heteroatoms. The highest BCUT2D eigenvalue weighted by molar-refractivity contribution is 5.73. The van der Waals surface area contributed by atoms with Crippen molar-refractivity contribution in [1.29, 1.82) is 0 Å². The smallest absolute Gasteiger partial charge is 0.315 e. The number of H-pyrrole nitrogens is 1. The van der Waals surface area contributed by atoms with E-state index in [2.05, 4.69) is 20.8 Å². The number of amides is 2. The van der Waals surface area contributed by atoms with Crippen LogP contribution in [0.5, 0.6) is 0 Å². The lowest BCUT2D eigenvalue weighted by Crippen LogP contribution is -2.34. The molecule has 0 aliphatic heterocycles. The molecule has 0 saturated heterocycles. The van der Waals surface area contributed by atoms with Crippen molar-refractivity contribution in [3.8, 4) is 0 Å². The number of rotatable bonds is 3. The Bertz CT molecular complexity index is 282. The van der Waals surface area contributed by atoms with Crippen molar-refractivity contribution in [2.45, 2.75) is 13.5 Å². The summed E-state index contributed by atoms with van der Waals surface area (Å²) in [6.45, 7) is 2.84. The maximum Gasteiger partial charge on any atom is 0.315 e. The minimum Gasteiger partial charge on any atom is -0.384 e. The molecule has 5 N–H and O–H groups in total. The number of anilines is 1. The van der Waals surface area contributed by atoms with E-state index in [1.165, 1.54) is 0 Å². The second-order valence-electron chi connectivity index (χ2n) is 2.52. The van der Waals surface area contributed by atoms with Gasteiger partial charge < -0.3 is 16.4 Å². The molecular weight excluding hydrogens is 170 g/mol. The summed E-state index contributed by atoms with van der Waals surface area (Å²) in [7, 11) is 0. The van der Waals surface area contributed by atoms with Crippen LogP contribution in [0.2, 0.25) is 0 Å². The van der Waals surface area contributed by atoms with E-state index in [1.807, 2.05) is 6.92 Å². The van der Waals surface area contributed by atoms with Crippen molar-refractivity contribution in [3.05, 3.63) is 11.8 Å². The van der Waals surface area contributed by atoms with Crippen LogP contribution in [-0.4, -0.2) is 22.8 Å². The number of hydrogen-bond acceptors (Lipinski definition) is 3. The van der Waals surface area contributed by atoms with E-state index in [4.69, 9.17) is 5.73 Å². The van der Waals surface area contributed by atoms with Crippen LogP contribution in [0.25, 0.3) is 0 Å². The molecule has 0 aromatic carbocycles. The van der Waals surface area contributed by atoms with E-state index >= 15 is 0 Å². The molecular formula is C7H13N5O. The number of hydrogen-bond donors (Lipinski definition) is 4. The molecule has 0 bridgehead atoms. The van der Waals surface area contributed by atoms with Crippen molar-refractivity contribution >= 4 is 11.8 Å². The SMILES string of the molecule is CCNC(=O)NCc1cn[nH]c1N. The topological polar surface area (TPSA) is 95.8 Å². The van der Waals surface area contributed by atoms with Crippen LogP contribution in [-0.2, 0) is 6.54 Å². The molecule has 13 heavy (non-hydrogen) atoms. The molecule has 0 aliphatic rings. The first-order valence-electron chi connectivity index (χ1n) is 4.03. The van der Waals surface area contributed by atoms with E-state index in [0.717, 1.165) is 5.56 Å². The monoisotopic (exact) mass is 183 g/mol. The van der Waals surface area contributed by atoms with E-state index in [9.17, 15) is 4.79 Å². The summed E-state index contributed by atoms with van der Waals surface area (Å²) in [6, 6.07) is -0.205. The zero-order valence-corrected chi connectivity index (χ0v) is 7.42. The lowest BCUT2D eigenvalue weighted by Gasteiger charge is -2.03. The molecule has 0 fully saturated rings. The van der Waals surface area contributed by atoms with Crippen molar-refractivity contribution in [2.75, 3.05) is 12.3 Å². The fourth-order valence-electron chi connectivity index (χ4n) is 0.861. The first-order valence-corrected chi connectivity index (χ1v) is 4.03. The predicted molar refractivity (Wildman–Crippen MR) is 48.9 cm³/mol. The third kappa shape index (κ3) is 2.66. The Morgan fingerprint density at radius 2 is 2.46 bits per heavy atom. The molecule has 0 unspecified atom stereocenters. The maximum atomic E-state index is 11.0. The van der Waals surface area contributed by atoms with Crippen molar-refractivity contribution < 1.29 is 4.79 Å². The summed E-state index contributed by atoms with van der Waals surface area (Å²) in [5.41, 5.74) is 6.29. The van der Waals surface area contributed by atoms with Gasteiger partial charge in [-0.1, -0.05) is 0 Å². The summed E-state index contributed by atoms with van der Waals surface area (Å²) in [5.74, 6) is 0.483. The Morgan fingerprint density at radius 3 is 3.00 bits per heavy atom. The molecule has 0 radical (unpaired) electrons. The van der Waals surface area contributed by atoms with E-state index in [0.29, 0.717) is 18.9 Å². The normalized spacial score (nSPS) is 9.62.